The normalized spacial score (nSPS) is 14.1. The predicted octanol–water partition coefficient (Wildman–Crippen LogP) is 13.9. The van der Waals surface area contributed by atoms with Gasteiger partial charge in [0.15, 0.2) is 6.04 Å². The highest BCUT2D eigenvalue weighted by Gasteiger charge is 2.28. The number of nitrogens with one attached hydrogen (secondary N) is 1. The lowest BCUT2D eigenvalue weighted by Crippen LogP contribution is -2.43. The maximum atomic E-state index is 12.3. The van der Waals surface area contributed by atoms with Gasteiger partial charge in [0.2, 0.25) is 5.91 Å². The molecular formula is C52H92NO10P. The van der Waals surface area contributed by atoms with Crippen molar-refractivity contribution >= 4 is 25.7 Å². The highest BCUT2D eigenvalue weighted by atomic mass is 31.2. The van der Waals surface area contributed by atoms with Crippen LogP contribution in [0, 0.1) is 0 Å². The Kier molecular flexibility index (Phi) is 44.6. The number of phosphoric acid groups is 1. The molecule has 12 heteroatoms. The van der Waals surface area contributed by atoms with Gasteiger partial charge in [-0.05, 0) is 51.4 Å². The van der Waals surface area contributed by atoms with Crippen molar-refractivity contribution in [2.24, 2.45) is 0 Å². The van der Waals surface area contributed by atoms with E-state index >= 15 is 0 Å². The minimum Gasteiger partial charge on any atom is -0.480 e. The van der Waals surface area contributed by atoms with Gasteiger partial charge >= 0.3 is 19.8 Å². The minimum absolute atomic E-state index is 0.0654. The zero-order valence-electron chi connectivity index (χ0n) is 40.3. The lowest BCUT2D eigenvalue weighted by atomic mass is 10.0. The van der Waals surface area contributed by atoms with Crippen molar-refractivity contribution < 1.29 is 47.8 Å². The monoisotopic (exact) mass is 922 g/mol. The number of carbonyl (C=O) groups excluding carboxylic acids is 2. The number of carboxylic acids is 1. The van der Waals surface area contributed by atoms with E-state index in [1.807, 2.05) is 12.2 Å². The third kappa shape index (κ3) is 45.7. The van der Waals surface area contributed by atoms with Crippen LogP contribution in [0.1, 0.15) is 219 Å². The number of rotatable bonds is 47. The quantitative estimate of drug-likeness (QED) is 0.0199. The largest absolute Gasteiger partial charge is 0.480 e. The highest BCUT2D eigenvalue weighted by Crippen LogP contribution is 2.43. The summed E-state index contributed by atoms with van der Waals surface area (Å²) >= 11 is 0. The van der Waals surface area contributed by atoms with Crippen molar-refractivity contribution in [3.05, 3.63) is 60.8 Å². The van der Waals surface area contributed by atoms with Gasteiger partial charge in [-0.2, -0.15) is 0 Å². The van der Waals surface area contributed by atoms with Gasteiger partial charge in [0.05, 0.1) is 13.2 Å². The van der Waals surface area contributed by atoms with Crippen LogP contribution in [0.3, 0.4) is 0 Å². The molecule has 0 aromatic carbocycles. The number of carbonyl (C=O) groups is 3. The molecule has 11 nitrogen and oxygen atoms in total. The summed E-state index contributed by atoms with van der Waals surface area (Å²) in [5.41, 5.74) is 0. The first-order chi connectivity index (χ1) is 31.1. The lowest BCUT2D eigenvalue weighted by Gasteiger charge is -2.18. The summed E-state index contributed by atoms with van der Waals surface area (Å²) in [7, 11) is -4.78. The van der Waals surface area contributed by atoms with Crippen LogP contribution in [-0.2, 0) is 32.7 Å². The van der Waals surface area contributed by atoms with Crippen molar-refractivity contribution in [2.75, 3.05) is 19.8 Å². The zero-order chi connectivity index (χ0) is 47.0. The van der Waals surface area contributed by atoms with Gasteiger partial charge in [0.1, 0.15) is 12.7 Å². The Morgan fingerprint density at radius 1 is 0.516 bits per heavy atom. The lowest BCUT2D eigenvalue weighted by molar-refractivity contribution is -0.147. The van der Waals surface area contributed by atoms with Gasteiger partial charge in [0, 0.05) is 12.8 Å². The third-order valence-corrected chi connectivity index (χ3v) is 11.8. The molecule has 0 bridgehead atoms. The van der Waals surface area contributed by atoms with Crippen LogP contribution < -0.4 is 5.32 Å². The summed E-state index contributed by atoms with van der Waals surface area (Å²) in [6.07, 6.45) is 55.5. The number of carboxylic acid groups (broad SMARTS) is 1. The van der Waals surface area contributed by atoms with Crippen molar-refractivity contribution in [3.63, 3.8) is 0 Å². The van der Waals surface area contributed by atoms with Crippen LogP contribution in [0.2, 0.25) is 0 Å². The van der Waals surface area contributed by atoms with Crippen molar-refractivity contribution in [1.29, 1.82) is 0 Å². The Labute approximate surface area is 389 Å². The maximum absolute atomic E-state index is 12.3. The SMILES string of the molecule is CC/C=C\C/C=C\C/C=C\C/C=C\C/C=C\CCCC(=O)NC(COP(=O)(O)OCC(O)COC(=O)CCCCCCCCCCCCCCCCCCCCCCCCC)C(=O)O. The third-order valence-electron chi connectivity index (χ3n) is 10.8. The van der Waals surface area contributed by atoms with Gasteiger partial charge in [0.25, 0.3) is 0 Å². The van der Waals surface area contributed by atoms with Crippen LogP contribution in [0.25, 0.3) is 0 Å². The number of hydrogen-bond acceptors (Lipinski definition) is 8. The number of allylic oxidation sites excluding steroid dienone is 10. The fourth-order valence-corrected chi connectivity index (χ4v) is 7.71. The van der Waals surface area contributed by atoms with Gasteiger partial charge in [-0.1, -0.05) is 216 Å². The van der Waals surface area contributed by atoms with E-state index in [-0.39, 0.29) is 12.8 Å². The topological polar surface area (TPSA) is 169 Å². The smallest absolute Gasteiger partial charge is 0.472 e. The molecule has 64 heavy (non-hydrogen) atoms. The van der Waals surface area contributed by atoms with Gasteiger partial charge in [-0.15, -0.1) is 0 Å². The van der Waals surface area contributed by atoms with E-state index in [9.17, 15) is 34.1 Å². The molecule has 0 aliphatic carbocycles. The fraction of sp³-hybridized carbons (Fsp3) is 0.750. The molecule has 0 aromatic heterocycles. The second-order valence-corrected chi connectivity index (χ2v) is 18.4. The molecule has 0 heterocycles. The number of phosphoric ester groups is 1. The number of hydrogen-bond donors (Lipinski definition) is 4. The summed E-state index contributed by atoms with van der Waals surface area (Å²) in [4.78, 5) is 46.0. The van der Waals surface area contributed by atoms with E-state index in [4.69, 9.17) is 13.8 Å². The number of amides is 1. The molecule has 0 aromatic rings. The van der Waals surface area contributed by atoms with Gasteiger partial charge < -0.3 is 25.2 Å². The molecule has 0 aliphatic heterocycles. The summed E-state index contributed by atoms with van der Waals surface area (Å²) in [6, 6.07) is -1.58. The molecule has 0 fully saturated rings. The number of esters is 1. The number of aliphatic hydroxyl groups is 1. The van der Waals surface area contributed by atoms with E-state index in [1.165, 1.54) is 122 Å². The zero-order valence-corrected chi connectivity index (χ0v) is 41.2. The second-order valence-electron chi connectivity index (χ2n) is 17.0. The molecule has 4 N–H and O–H groups in total. The summed E-state index contributed by atoms with van der Waals surface area (Å²) in [5.74, 6) is -2.45. The average Bonchev–Trinajstić information content (AvgIpc) is 3.27. The molecule has 0 saturated carbocycles. The number of aliphatic hydroxyl groups excluding tert-OH is 1. The van der Waals surface area contributed by atoms with E-state index in [0.717, 1.165) is 51.4 Å². The minimum atomic E-state index is -4.78. The fourth-order valence-electron chi connectivity index (χ4n) is 6.94. The van der Waals surface area contributed by atoms with E-state index < -0.39 is 57.6 Å². The van der Waals surface area contributed by atoms with Crippen LogP contribution >= 0.6 is 7.82 Å². The first-order valence-electron chi connectivity index (χ1n) is 25.3. The van der Waals surface area contributed by atoms with E-state index in [1.54, 1.807) is 0 Å². The van der Waals surface area contributed by atoms with Gasteiger partial charge in [-0.25, -0.2) is 9.36 Å². The van der Waals surface area contributed by atoms with Gasteiger partial charge in [-0.3, -0.25) is 18.6 Å². The molecule has 1 amide bonds. The average molecular weight is 922 g/mol. The molecular weight excluding hydrogens is 830 g/mol. The molecule has 0 spiro atoms. The Hall–Kier alpha value is -2.82. The first kappa shape index (κ1) is 61.2. The Morgan fingerprint density at radius 3 is 1.33 bits per heavy atom. The van der Waals surface area contributed by atoms with E-state index in [2.05, 4.69) is 67.8 Å². The van der Waals surface area contributed by atoms with Crippen LogP contribution in [0.5, 0.6) is 0 Å². The molecule has 0 radical (unpaired) electrons. The van der Waals surface area contributed by atoms with E-state index in [0.29, 0.717) is 19.3 Å². The van der Waals surface area contributed by atoms with Crippen molar-refractivity contribution in [3.8, 4) is 0 Å². The molecule has 0 aliphatic rings. The first-order valence-corrected chi connectivity index (χ1v) is 26.8. The second kappa shape index (κ2) is 46.7. The Bertz CT molecular complexity index is 1310. The van der Waals surface area contributed by atoms with Crippen molar-refractivity contribution in [2.45, 2.75) is 231 Å². The molecule has 370 valence electrons. The Balaban J connectivity index is 3.85. The number of unbranched alkanes of at least 4 members (excludes halogenated alkanes) is 23. The molecule has 0 rings (SSSR count). The number of aliphatic carboxylic acids is 1. The predicted molar refractivity (Wildman–Crippen MR) is 263 cm³/mol. The molecule has 0 saturated heterocycles. The maximum Gasteiger partial charge on any atom is 0.472 e. The van der Waals surface area contributed by atoms with Crippen LogP contribution in [0.4, 0.5) is 0 Å². The standard InChI is InChI=1S/C52H92NO10P/c1-3-5-7-9-11-13-15-17-19-21-22-23-24-25-26-28-30-32-34-36-38-40-42-44-51(56)61-45-48(54)46-62-64(59,60)63-47-49(52(57)58)53-50(55)43-41-39-37-35-33-31-29-27-20-18-16-14-12-10-8-6-4-2/h6,8,12,14,18,20,29,31,35,37,48-49,54H,3-5,7,9-11,13,15-17,19,21-28,30,32-34,36,38-47H2,1-2H3,(H,53,55)(H,57,58)(H,59,60)/b8-6-,14-12-,20-18-,31-29-,37-35-. The van der Waals surface area contributed by atoms with Crippen LogP contribution in [0.15, 0.2) is 60.8 Å². The summed E-state index contributed by atoms with van der Waals surface area (Å²) in [6.45, 7) is 2.47. The van der Waals surface area contributed by atoms with Crippen molar-refractivity contribution in [1.82, 2.24) is 5.32 Å². The summed E-state index contributed by atoms with van der Waals surface area (Å²) < 4.78 is 26.9. The van der Waals surface area contributed by atoms with Crippen LogP contribution in [-0.4, -0.2) is 64.9 Å². The highest BCUT2D eigenvalue weighted by molar-refractivity contribution is 7.47. The molecule has 3 atom stereocenters. The summed E-state index contributed by atoms with van der Waals surface area (Å²) in [5, 5.41) is 21.9. The number of ether oxygens (including phenoxy) is 1. The molecule has 3 unspecified atom stereocenters. The Morgan fingerprint density at radius 2 is 0.906 bits per heavy atom.